The van der Waals surface area contributed by atoms with E-state index in [9.17, 15) is 9.59 Å². The quantitative estimate of drug-likeness (QED) is 0.780. The largest absolute Gasteiger partial charge is 0.318 e. The van der Waals surface area contributed by atoms with Gasteiger partial charge in [0.2, 0.25) is 5.91 Å². The normalized spacial score (nSPS) is 14.2. The summed E-state index contributed by atoms with van der Waals surface area (Å²) in [6, 6.07) is 0. The predicted molar refractivity (Wildman–Crippen MR) is 63.6 cm³/mol. The van der Waals surface area contributed by atoms with Crippen LogP contribution in [-0.2, 0) is 4.79 Å². The minimum absolute atomic E-state index is 0.122. The minimum atomic E-state index is -0.915. The van der Waals surface area contributed by atoms with Gasteiger partial charge in [-0.3, -0.25) is 9.59 Å². The van der Waals surface area contributed by atoms with Crippen molar-refractivity contribution in [3.63, 3.8) is 0 Å². The van der Waals surface area contributed by atoms with E-state index >= 15 is 0 Å². The number of carbonyl (C=O) groups is 2. The summed E-state index contributed by atoms with van der Waals surface area (Å²) in [6.07, 6.45) is 0.532. The number of nitrogens with two attached hydrogens (primary N) is 1. The second-order valence-corrected chi connectivity index (χ2v) is 4.68. The van der Waals surface area contributed by atoms with Crippen LogP contribution in [-0.4, -0.2) is 22.2 Å². The third-order valence-corrected chi connectivity index (χ3v) is 3.10. The Bertz CT molecular complexity index is 412. The van der Waals surface area contributed by atoms with Crippen LogP contribution in [0.15, 0.2) is 5.38 Å². The number of carbonyl (C=O) groups excluding carboxylic acids is 2. The van der Waals surface area contributed by atoms with Crippen LogP contribution < -0.4 is 11.1 Å². The van der Waals surface area contributed by atoms with E-state index in [1.165, 1.54) is 18.3 Å². The smallest absolute Gasteiger partial charge is 0.245 e. The molecule has 0 fully saturated rings. The molecular formula is C10H15N3O2S. The fourth-order valence-electron chi connectivity index (χ4n) is 0.893. The molecule has 0 saturated carbocycles. The summed E-state index contributed by atoms with van der Waals surface area (Å²) in [5, 5.41) is 4.61. The van der Waals surface area contributed by atoms with Gasteiger partial charge >= 0.3 is 0 Å². The van der Waals surface area contributed by atoms with Gasteiger partial charge in [0.05, 0.1) is 5.54 Å². The second-order valence-electron chi connectivity index (χ2n) is 3.82. The second kappa shape index (κ2) is 4.71. The highest BCUT2D eigenvalue weighted by molar-refractivity contribution is 7.14. The molecule has 1 rings (SSSR count). The van der Waals surface area contributed by atoms with E-state index < -0.39 is 5.54 Å². The molecule has 1 aromatic heterocycles. The van der Waals surface area contributed by atoms with Gasteiger partial charge in [0.1, 0.15) is 5.69 Å². The number of hydrogen-bond acceptors (Lipinski definition) is 5. The number of anilines is 1. The monoisotopic (exact) mass is 241 g/mol. The lowest BCUT2D eigenvalue weighted by molar-refractivity contribution is -0.120. The summed E-state index contributed by atoms with van der Waals surface area (Å²) in [5.41, 5.74) is 5.21. The standard InChI is InChI=1S/C10H15N3O2S/c1-4-10(3,11)8(15)13-9-12-7(5-16-9)6(2)14/h5H,4,11H2,1-3H3,(H,12,13,15). The summed E-state index contributed by atoms with van der Waals surface area (Å²) >= 11 is 1.21. The lowest BCUT2D eigenvalue weighted by atomic mass is 10.00. The SMILES string of the molecule is CCC(C)(N)C(=O)Nc1nc(C(C)=O)cs1. The van der Waals surface area contributed by atoms with E-state index in [2.05, 4.69) is 10.3 Å². The maximum Gasteiger partial charge on any atom is 0.245 e. The number of hydrogen-bond donors (Lipinski definition) is 2. The third-order valence-electron chi connectivity index (χ3n) is 2.34. The first-order valence-electron chi connectivity index (χ1n) is 4.93. The summed E-state index contributed by atoms with van der Waals surface area (Å²) in [4.78, 5) is 26.7. The van der Waals surface area contributed by atoms with Crippen LogP contribution in [0.5, 0.6) is 0 Å². The lowest BCUT2D eigenvalue weighted by Crippen LogP contribution is -2.47. The zero-order valence-corrected chi connectivity index (χ0v) is 10.4. The number of thiazole rings is 1. The first-order chi connectivity index (χ1) is 7.36. The van der Waals surface area contributed by atoms with Crippen molar-refractivity contribution in [3.05, 3.63) is 11.1 Å². The van der Waals surface area contributed by atoms with Gasteiger partial charge in [0.15, 0.2) is 10.9 Å². The molecule has 3 N–H and O–H groups in total. The Morgan fingerprint density at radius 1 is 1.62 bits per heavy atom. The molecule has 1 aromatic rings. The molecule has 0 radical (unpaired) electrons. The van der Waals surface area contributed by atoms with E-state index in [1.54, 1.807) is 12.3 Å². The van der Waals surface area contributed by atoms with Gasteiger partial charge < -0.3 is 11.1 Å². The first kappa shape index (κ1) is 12.8. The number of amides is 1. The zero-order valence-electron chi connectivity index (χ0n) is 9.53. The lowest BCUT2D eigenvalue weighted by Gasteiger charge is -2.20. The molecule has 1 heterocycles. The Kier molecular flexibility index (Phi) is 3.77. The van der Waals surface area contributed by atoms with Crippen LogP contribution in [0.25, 0.3) is 0 Å². The molecule has 88 valence electrons. The molecule has 5 nitrogen and oxygen atoms in total. The Morgan fingerprint density at radius 3 is 2.69 bits per heavy atom. The number of ketones is 1. The fraction of sp³-hybridized carbons (Fsp3) is 0.500. The fourth-order valence-corrected chi connectivity index (χ4v) is 1.64. The summed E-state index contributed by atoms with van der Waals surface area (Å²) in [7, 11) is 0. The van der Waals surface area contributed by atoms with Crippen molar-refractivity contribution in [3.8, 4) is 0 Å². The van der Waals surface area contributed by atoms with Gasteiger partial charge in [0.25, 0.3) is 0 Å². The molecular weight excluding hydrogens is 226 g/mol. The summed E-state index contributed by atoms with van der Waals surface area (Å²) in [6.45, 7) is 4.92. The molecule has 1 amide bonds. The van der Waals surface area contributed by atoms with Gasteiger partial charge in [-0.2, -0.15) is 0 Å². The van der Waals surface area contributed by atoms with Crippen molar-refractivity contribution < 1.29 is 9.59 Å². The van der Waals surface area contributed by atoms with Crippen molar-refractivity contribution in [1.29, 1.82) is 0 Å². The molecule has 0 aliphatic rings. The first-order valence-corrected chi connectivity index (χ1v) is 5.81. The highest BCUT2D eigenvalue weighted by Crippen LogP contribution is 2.17. The van der Waals surface area contributed by atoms with Crippen molar-refractivity contribution in [2.75, 3.05) is 5.32 Å². The van der Waals surface area contributed by atoms with E-state index in [4.69, 9.17) is 5.73 Å². The van der Waals surface area contributed by atoms with Crippen LogP contribution in [0.4, 0.5) is 5.13 Å². The van der Waals surface area contributed by atoms with Gasteiger partial charge in [-0.15, -0.1) is 11.3 Å². The van der Waals surface area contributed by atoms with Gasteiger partial charge in [-0.05, 0) is 13.3 Å². The number of rotatable bonds is 4. The van der Waals surface area contributed by atoms with Crippen LogP contribution in [0.1, 0.15) is 37.7 Å². The molecule has 0 aliphatic heterocycles. The molecule has 0 spiro atoms. The zero-order chi connectivity index (χ0) is 12.3. The van der Waals surface area contributed by atoms with Crippen LogP contribution in [0.2, 0.25) is 0 Å². The Hall–Kier alpha value is -1.27. The minimum Gasteiger partial charge on any atom is -0.318 e. The molecule has 0 saturated heterocycles. The van der Waals surface area contributed by atoms with Gasteiger partial charge in [-0.25, -0.2) is 4.98 Å². The number of aromatic nitrogens is 1. The maximum atomic E-state index is 11.7. The van der Waals surface area contributed by atoms with Crippen LogP contribution in [0.3, 0.4) is 0 Å². The maximum absolute atomic E-state index is 11.7. The molecule has 6 heteroatoms. The molecule has 1 atom stereocenters. The molecule has 0 aromatic carbocycles. The molecule has 0 bridgehead atoms. The Labute approximate surface area is 98.1 Å². The third kappa shape index (κ3) is 2.86. The van der Waals surface area contributed by atoms with Crippen molar-refractivity contribution >= 4 is 28.2 Å². The highest BCUT2D eigenvalue weighted by atomic mass is 32.1. The molecule has 16 heavy (non-hydrogen) atoms. The molecule has 1 unspecified atom stereocenters. The Morgan fingerprint density at radius 2 is 2.25 bits per heavy atom. The van der Waals surface area contributed by atoms with Crippen molar-refractivity contribution in [2.24, 2.45) is 5.73 Å². The summed E-state index contributed by atoms with van der Waals surface area (Å²) < 4.78 is 0. The van der Waals surface area contributed by atoms with Crippen molar-refractivity contribution in [2.45, 2.75) is 32.7 Å². The van der Waals surface area contributed by atoms with Gasteiger partial charge in [-0.1, -0.05) is 6.92 Å². The Balaban J connectivity index is 2.74. The predicted octanol–water partition coefficient (Wildman–Crippen LogP) is 1.41. The number of nitrogens with one attached hydrogen (secondary N) is 1. The van der Waals surface area contributed by atoms with Crippen LogP contribution in [0, 0.1) is 0 Å². The average Bonchev–Trinajstić information content (AvgIpc) is 2.66. The van der Waals surface area contributed by atoms with E-state index in [0.29, 0.717) is 17.2 Å². The van der Waals surface area contributed by atoms with E-state index in [1.807, 2.05) is 6.92 Å². The molecule has 0 aliphatic carbocycles. The van der Waals surface area contributed by atoms with Crippen LogP contribution >= 0.6 is 11.3 Å². The van der Waals surface area contributed by atoms with Crippen molar-refractivity contribution in [1.82, 2.24) is 4.98 Å². The number of nitrogens with zero attached hydrogens (tertiary/aromatic N) is 1. The summed E-state index contributed by atoms with van der Waals surface area (Å²) in [5.74, 6) is -0.415. The van der Waals surface area contributed by atoms with Gasteiger partial charge in [0, 0.05) is 12.3 Å². The highest BCUT2D eigenvalue weighted by Gasteiger charge is 2.26. The van der Waals surface area contributed by atoms with E-state index in [-0.39, 0.29) is 11.7 Å². The average molecular weight is 241 g/mol. The van der Waals surface area contributed by atoms with E-state index in [0.717, 1.165) is 0 Å². The topological polar surface area (TPSA) is 85.1 Å². The number of Topliss-reactive ketones (excluding diaryl/α,β-unsaturated/α-hetero) is 1.